The van der Waals surface area contributed by atoms with Crippen molar-refractivity contribution in [3.63, 3.8) is 0 Å². The Bertz CT molecular complexity index is 253. The molecule has 0 aromatic heterocycles. The van der Waals surface area contributed by atoms with Crippen molar-refractivity contribution in [3.05, 3.63) is 0 Å². The first kappa shape index (κ1) is 11.0. The van der Waals surface area contributed by atoms with Crippen LogP contribution in [0.2, 0.25) is 0 Å². The van der Waals surface area contributed by atoms with E-state index in [2.05, 4.69) is 9.68 Å². The smallest absolute Gasteiger partial charge is 0.0537 e. The molecule has 0 amide bonds. The molecule has 0 aromatic rings. The van der Waals surface area contributed by atoms with E-state index in [9.17, 15) is 4.21 Å². The van der Waals surface area contributed by atoms with Gasteiger partial charge in [0.1, 0.15) is 0 Å². The van der Waals surface area contributed by atoms with E-state index in [-0.39, 0.29) is 6.04 Å². The first-order valence-corrected chi connectivity index (χ1v) is 6.80. The molecule has 4 heteroatoms. The average Bonchev–Trinajstić information content (AvgIpc) is 2.04. The maximum absolute atomic E-state index is 12.1. The van der Waals surface area contributed by atoms with Gasteiger partial charge in [0.25, 0.3) is 0 Å². The highest BCUT2D eigenvalue weighted by atomic mass is 32.2. The average molecular weight is 204 g/mol. The molecule has 1 aliphatic heterocycles. The van der Waals surface area contributed by atoms with Crippen LogP contribution >= 0.6 is 0 Å². The fourth-order valence-corrected chi connectivity index (χ4v) is 4.17. The Kier molecular flexibility index (Phi) is 3.74. The molecule has 0 unspecified atom stereocenters. The normalized spacial score (nSPS) is 34.9. The van der Waals surface area contributed by atoms with Crippen LogP contribution in [0.15, 0.2) is 4.36 Å². The Balaban J connectivity index is 2.62. The topological polar surface area (TPSA) is 41.5 Å². The van der Waals surface area contributed by atoms with Crippen LogP contribution in [-0.2, 0) is 9.73 Å². The maximum Gasteiger partial charge on any atom is 0.0537 e. The van der Waals surface area contributed by atoms with Crippen LogP contribution in [0.3, 0.4) is 0 Å². The summed E-state index contributed by atoms with van der Waals surface area (Å²) in [6.07, 6.45) is 2.01. The summed E-state index contributed by atoms with van der Waals surface area (Å²) in [6.45, 7) is 3.99. The van der Waals surface area contributed by atoms with Crippen LogP contribution in [0, 0.1) is 0 Å². The van der Waals surface area contributed by atoms with Gasteiger partial charge in [-0.15, -0.1) is 0 Å². The first-order valence-electron chi connectivity index (χ1n) is 4.94. The van der Waals surface area contributed by atoms with Gasteiger partial charge >= 0.3 is 0 Å². The summed E-state index contributed by atoms with van der Waals surface area (Å²) in [5.74, 6) is 1.55. The Labute approximate surface area is 81.5 Å². The summed E-state index contributed by atoms with van der Waals surface area (Å²) in [7, 11) is 0.122. The zero-order chi connectivity index (χ0) is 9.90. The van der Waals surface area contributed by atoms with Gasteiger partial charge in [0.05, 0.1) is 6.04 Å². The van der Waals surface area contributed by atoms with E-state index in [0.717, 1.165) is 24.3 Å². The molecule has 1 aliphatic rings. The second kappa shape index (κ2) is 4.42. The van der Waals surface area contributed by atoms with Crippen molar-refractivity contribution >= 4 is 9.73 Å². The summed E-state index contributed by atoms with van der Waals surface area (Å²) < 4.78 is 16.4. The molecule has 0 atom stereocenters. The minimum atomic E-state index is -1.85. The molecule has 0 bridgehead atoms. The summed E-state index contributed by atoms with van der Waals surface area (Å²) in [5, 5.41) is 3.23. The zero-order valence-corrected chi connectivity index (χ0v) is 9.56. The van der Waals surface area contributed by atoms with Crippen molar-refractivity contribution in [2.45, 2.75) is 38.8 Å². The Morgan fingerprint density at radius 3 is 2.31 bits per heavy atom. The fraction of sp³-hybridized carbons (Fsp3) is 1.00. The highest BCUT2D eigenvalue weighted by Crippen LogP contribution is 2.15. The molecule has 0 spiro atoms. The van der Waals surface area contributed by atoms with Crippen LogP contribution in [0.5, 0.6) is 0 Å². The molecule has 0 aromatic carbocycles. The summed E-state index contributed by atoms with van der Waals surface area (Å²) >= 11 is 0. The number of nitrogens with one attached hydrogen (secondary N) is 1. The van der Waals surface area contributed by atoms with E-state index < -0.39 is 9.73 Å². The molecular weight excluding hydrogens is 184 g/mol. The van der Waals surface area contributed by atoms with Crippen LogP contribution in [0.4, 0.5) is 0 Å². The molecule has 0 aliphatic carbocycles. The molecule has 1 heterocycles. The van der Waals surface area contributed by atoms with Crippen molar-refractivity contribution in [1.29, 1.82) is 0 Å². The van der Waals surface area contributed by atoms with Crippen LogP contribution in [0.1, 0.15) is 26.7 Å². The minimum Gasteiger partial charge on any atom is -0.317 e. The van der Waals surface area contributed by atoms with Crippen molar-refractivity contribution in [1.82, 2.24) is 5.32 Å². The van der Waals surface area contributed by atoms with Gasteiger partial charge in [-0.25, -0.2) is 8.57 Å². The van der Waals surface area contributed by atoms with E-state index >= 15 is 0 Å². The first-order chi connectivity index (χ1) is 6.06. The SMILES string of the molecule is CNC1CCS(=O)(=NC(C)C)CC1. The number of hydrogen-bond acceptors (Lipinski definition) is 3. The summed E-state index contributed by atoms with van der Waals surface area (Å²) in [5.41, 5.74) is 0. The molecule has 0 saturated carbocycles. The zero-order valence-electron chi connectivity index (χ0n) is 8.75. The monoisotopic (exact) mass is 204 g/mol. The lowest BCUT2D eigenvalue weighted by Crippen LogP contribution is -2.35. The molecule has 13 heavy (non-hydrogen) atoms. The molecule has 1 rings (SSSR count). The Hall–Kier alpha value is -0.0900. The molecule has 0 radical (unpaired) electrons. The molecule has 1 saturated heterocycles. The predicted octanol–water partition coefficient (Wildman–Crippen LogP) is 1.24. The van der Waals surface area contributed by atoms with Gasteiger partial charge in [-0.1, -0.05) is 0 Å². The van der Waals surface area contributed by atoms with Gasteiger partial charge < -0.3 is 5.32 Å². The van der Waals surface area contributed by atoms with Crippen molar-refractivity contribution in [3.8, 4) is 0 Å². The minimum absolute atomic E-state index is 0.207. The Morgan fingerprint density at radius 1 is 1.38 bits per heavy atom. The van der Waals surface area contributed by atoms with E-state index in [1.54, 1.807) is 0 Å². The second-order valence-electron chi connectivity index (χ2n) is 3.94. The lowest BCUT2D eigenvalue weighted by Gasteiger charge is -2.24. The van der Waals surface area contributed by atoms with Gasteiger partial charge in [0.2, 0.25) is 0 Å². The molecule has 78 valence electrons. The van der Waals surface area contributed by atoms with E-state index in [1.807, 2.05) is 20.9 Å². The van der Waals surface area contributed by atoms with E-state index in [1.165, 1.54) is 0 Å². The number of hydrogen-bond donors (Lipinski definition) is 1. The van der Waals surface area contributed by atoms with Crippen molar-refractivity contribution in [2.75, 3.05) is 18.6 Å². The molecule has 3 nitrogen and oxygen atoms in total. The van der Waals surface area contributed by atoms with Gasteiger partial charge in [-0.3, -0.25) is 0 Å². The number of rotatable bonds is 2. The standard InChI is InChI=1S/C9H20N2OS/c1-8(2)11-13(12)6-4-9(10-3)5-7-13/h8-10H,4-7H2,1-3H3. The van der Waals surface area contributed by atoms with Gasteiger partial charge in [0, 0.05) is 27.3 Å². The van der Waals surface area contributed by atoms with E-state index in [0.29, 0.717) is 6.04 Å². The number of nitrogens with zero attached hydrogens (tertiary/aromatic N) is 1. The molecule has 1 N–H and O–H groups in total. The third-order valence-electron chi connectivity index (χ3n) is 2.38. The fourth-order valence-electron chi connectivity index (χ4n) is 1.68. The van der Waals surface area contributed by atoms with Gasteiger partial charge in [0.15, 0.2) is 0 Å². The Morgan fingerprint density at radius 2 is 1.92 bits per heavy atom. The van der Waals surface area contributed by atoms with E-state index in [4.69, 9.17) is 0 Å². The van der Waals surface area contributed by atoms with Crippen LogP contribution in [-0.4, -0.2) is 34.8 Å². The highest BCUT2D eigenvalue weighted by Gasteiger charge is 2.21. The largest absolute Gasteiger partial charge is 0.317 e. The van der Waals surface area contributed by atoms with Gasteiger partial charge in [-0.2, -0.15) is 0 Å². The third-order valence-corrected chi connectivity index (χ3v) is 4.93. The highest BCUT2D eigenvalue weighted by molar-refractivity contribution is 7.93. The van der Waals surface area contributed by atoms with Gasteiger partial charge in [-0.05, 0) is 33.7 Å². The molecular formula is C9H20N2OS. The summed E-state index contributed by atoms with van der Waals surface area (Å²) in [6, 6.07) is 0.760. The predicted molar refractivity (Wildman–Crippen MR) is 57.5 cm³/mol. The lowest BCUT2D eigenvalue weighted by atomic mass is 10.2. The van der Waals surface area contributed by atoms with Crippen LogP contribution < -0.4 is 5.32 Å². The lowest BCUT2D eigenvalue weighted by molar-refractivity contribution is 0.514. The van der Waals surface area contributed by atoms with Crippen molar-refractivity contribution in [2.24, 2.45) is 4.36 Å². The summed E-state index contributed by atoms with van der Waals surface area (Å²) in [4.78, 5) is 0. The van der Waals surface area contributed by atoms with Crippen LogP contribution in [0.25, 0.3) is 0 Å². The molecule has 1 fully saturated rings. The quantitative estimate of drug-likeness (QED) is 0.735. The third kappa shape index (κ3) is 3.27. The maximum atomic E-state index is 12.1. The second-order valence-corrected chi connectivity index (χ2v) is 6.52. The van der Waals surface area contributed by atoms with Crippen molar-refractivity contribution < 1.29 is 4.21 Å².